The van der Waals surface area contributed by atoms with E-state index >= 15 is 0 Å². The van der Waals surface area contributed by atoms with E-state index in [-0.39, 0.29) is 25.6 Å². The van der Waals surface area contributed by atoms with Crippen molar-refractivity contribution in [2.75, 3.05) is 6.61 Å². The number of ether oxygens (including phenoxy) is 5. The van der Waals surface area contributed by atoms with Gasteiger partial charge in [-0.05, 0) is 31.5 Å². The van der Waals surface area contributed by atoms with Crippen LogP contribution in [-0.4, -0.2) is 48.7 Å². The summed E-state index contributed by atoms with van der Waals surface area (Å²) in [7, 11) is 0. The van der Waals surface area contributed by atoms with Crippen LogP contribution in [0.4, 0.5) is 0 Å². The molecule has 2 aromatic carbocycles. The van der Waals surface area contributed by atoms with Gasteiger partial charge in [-0.3, -0.25) is 4.79 Å². The summed E-state index contributed by atoms with van der Waals surface area (Å²) in [6.45, 7) is 3.82. The Morgan fingerprint density at radius 2 is 1.48 bits per heavy atom. The lowest BCUT2D eigenvalue weighted by Crippen LogP contribution is -2.33. The van der Waals surface area contributed by atoms with E-state index in [0.717, 1.165) is 5.56 Å². The van der Waals surface area contributed by atoms with Crippen LogP contribution in [0.25, 0.3) is 0 Å². The molecule has 7 nitrogen and oxygen atoms in total. The molecule has 164 valence electrons. The van der Waals surface area contributed by atoms with Crippen LogP contribution in [0.2, 0.25) is 0 Å². The molecule has 2 aliphatic rings. The predicted molar refractivity (Wildman–Crippen MR) is 110 cm³/mol. The molecule has 4 rings (SSSR count). The Morgan fingerprint density at radius 3 is 2.16 bits per heavy atom. The molecule has 2 aliphatic heterocycles. The molecule has 31 heavy (non-hydrogen) atoms. The third kappa shape index (κ3) is 5.31. The van der Waals surface area contributed by atoms with Crippen molar-refractivity contribution in [3.05, 3.63) is 71.8 Å². The number of carbonyl (C=O) groups is 2. The monoisotopic (exact) mass is 426 g/mol. The molecule has 0 saturated carbocycles. The quantitative estimate of drug-likeness (QED) is 0.629. The van der Waals surface area contributed by atoms with Crippen molar-refractivity contribution in [2.45, 2.75) is 57.1 Å². The van der Waals surface area contributed by atoms with E-state index in [2.05, 4.69) is 0 Å². The fourth-order valence-electron chi connectivity index (χ4n) is 3.85. The van der Waals surface area contributed by atoms with Crippen molar-refractivity contribution >= 4 is 11.9 Å². The molecule has 0 aliphatic carbocycles. The second kappa shape index (κ2) is 9.18. The van der Waals surface area contributed by atoms with Crippen LogP contribution in [0.15, 0.2) is 60.7 Å². The van der Waals surface area contributed by atoms with Crippen molar-refractivity contribution in [3.8, 4) is 0 Å². The predicted octanol–water partition coefficient (Wildman–Crippen LogP) is 3.26. The Balaban J connectivity index is 1.35. The van der Waals surface area contributed by atoms with E-state index in [1.165, 1.54) is 0 Å². The van der Waals surface area contributed by atoms with Crippen molar-refractivity contribution in [1.29, 1.82) is 0 Å². The highest BCUT2D eigenvalue weighted by Gasteiger charge is 2.55. The maximum absolute atomic E-state index is 12.4. The topological polar surface area (TPSA) is 80.3 Å². The number of hydrogen-bond acceptors (Lipinski definition) is 7. The molecule has 2 heterocycles. The molecule has 0 spiro atoms. The number of carbonyl (C=O) groups excluding carboxylic acids is 2. The molecule has 0 bridgehead atoms. The fourth-order valence-corrected chi connectivity index (χ4v) is 3.85. The zero-order valence-corrected chi connectivity index (χ0v) is 17.6. The first kappa shape index (κ1) is 21.5. The third-order valence-corrected chi connectivity index (χ3v) is 5.24. The van der Waals surface area contributed by atoms with E-state index in [0.29, 0.717) is 5.56 Å². The Labute approximate surface area is 181 Å². The number of hydrogen-bond donors (Lipinski definition) is 0. The van der Waals surface area contributed by atoms with Crippen molar-refractivity contribution in [1.82, 2.24) is 0 Å². The van der Waals surface area contributed by atoms with Gasteiger partial charge < -0.3 is 23.7 Å². The number of rotatable bonds is 7. The van der Waals surface area contributed by atoms with E-state index in [1.807, 2.05) is 50.2 Å². The smallest absolute Gasteiger partial charge is 0.338 e. The van der Waals surface area contributed by atoms with Crippen molar-refractivity contribution < 1.29 is 33.3 Å². The summed E-state index contributed by atoms with van der Waals surface area (Å²) in [5.41, 5.74) is 1.37. The van der Waals surface area contributed by atoms with E-state index in [9.17, 15) is 9.59 Å². The average molecular weight is 426 g/mol. The molecule has 0 aromatic heterocycles. The molecule has 4 atom stereocenters. The largest absolute Gasteiger partial charge is 0.461 e. The van der Waals surface area contributed by atoms with Gasteiger partial charge in [-0.15, -0.1) is 0 Å². The van der Waals surface area contributed by atoms with E-state index in [4.69, 9.17) is 23.7 Å². The van der Waals surface area contributed by atoms with Gasteiger partial charge in [-0.2, -0.15) is 0 Å². The molecule has 0 unspecified atom stereocenters. The summed E-state index contributed by atoms with van der Waals surface area (Å²) in [5.74, 6) is -1.64. The van der Waals surface area contributed by atoms with Crippen LogP contribution in [-0.2, 0) is 35.1 Å². The highest BCUT2D eigenvalue weighted by molar-refractivity contribution is 5.89. The minimum absolute atomic E-state index is 0.00387. The van der Waals surface area contributed by atoms with Crippen LogP contribution in [0, 0.1) is 0 Å². The summed E-state index contributed by atoms with van der Waals surface area (Å²) in [6, 6.07) is 18.2. The Hall–Kier alpha value is -2.74. The van der Waals surface area contributed by atoms with Gasteiger partial charge >= 0.3 is 11.9 Å². The molecule has 2 saturated heterocycles. The van der Waals surface area contributed by atoms with Gasteiger partial charge in [-0.1, -0.05) is 48.5 Å². The van der Waals surface area contributed by atoms with Gasteiger partial charge in [0.15, 0.2) is 5.79 Å². The molecular formula is C24H26O7. The molecule has 0 radical (unpaired) electrons. The lowest BCUT2D eigenvalue weighted by molar-refractivity contribution is -0.193. The maximum atomic E-state index is 12.4. The molecule has 0 N–H and O–H groups in total. The fraction of sp³-hybridized carbons (Fsp3) is 0.417. The second-order valence-electron chi connectivity index (χ2n) is 8.09. The van der Waals surface area contributed by atoms with Gasteiger partial charge in [0.1, 0.15) is 31.5 Å². The van der Waals surface area contributed by atoms with Gasteiger partial charge in [0.25, 0.3) is 0 Å². The Kier molecular flexibility index (Phi) is 6.36. The first-order chi connectivity index (χ1) is 14.9. The van der Waals surface area contributed by atoms with Crippen LogP contribution in [0.1, 0.15) is 36.2 Å². The van der Waals surface area contributed by atoms with Crippen LogP contribution in [0.3, 0.4) is 0 Å². The summed E-state index contributed by atoms with van der Waals surface area (Å²) in [4.78, 5) is 24.7. The van der Waals surface area contributed by atoms with Gasteiger partial charge in [-0.25, -0.2) is 4.79 Å². The minimum Gasteiger partial charge on any atom is -0.461 e. The lowest BCUT2D eigenvalue weighted by atomic mass is 10.1. The van der Waals surface area contributed by atoms with Crippen LogP contribution < -0.4 is 0 Å². The van der Waals surface area contributed by atoms with E-state index < -0.39 is 36.2 Å². The molecule has 0 amide bonds. The molecule has 2 fully saturated rings. The first-order valence-corrected chi connectivity index (χ1v) is 10.3. The molecular weight excluding hydrogens is 400 g/mol. The zero-order chi connectivity index (χ0) is 21.8. The minimum atomic E-state index is -0.813. The Bertz CT molecular complexity index is 897. The first-order valence-electron chi connectivity index (χ1n) is 10.3. The number of fused-ring (bicyclic) bond motifs is 1. The summed E-state index contributed by atoms with van der Waals surface area (Å²) >= 11 is 0. The Morgan fingerprint density at radius 1 is 0.871 bits per heavy atom. The highest BCUT2D eigenvalue weighted by Crippen LogP contribution is 2.40. The standard InChI is InChI=1S/C24H26O7/c1-24(2)30-21-18(13-20(25)27-14-16-9-5-3-6-10-16)29-19(22(21)31-24)15-28-23(26)17-11-7-4-8-12-17/h3-12,18-19,21-22H,13-15H2,1-2H3/t18-,19+,21-,22+/m0/s1. The van der Waals surface area contributed by atoms with Crippen LogP contribution >= 0.6 is 0 Å². The molecule has 2 aromatic rings. The third-order valence-electron chi connectivity index (χ3n) is 5.24. The van der Waals surface area contributed by atoms with Crippen molar-refractivity contribution in [2.24, 2.45) is 0 Å². The molecule has 7 heteroatoms. The highest BCUT2D eigenvalue weighted by atomic mass is 16.8. The zero-order valence-electron chi connectivity index (χ0n) is 17.6. The maximum Gasteiger partial charge on any atom is 0.338 e. The SMILES string of the molecule is CC1(C)O[C@@H]2[C@H](O1)[C@@H](COC(=O)c1ccccc1)O[C@H]2CC(=O)OCc1ccccc1. The van der Waals surface area contributed by atoms with Crippen LogP contribution in [0.5, 0.6) is 0 Å². The van der Waals surface area contributed by atoms with Crippen molar-refractivity contribution in [3.63, 3.8) is 0 Å². The summed E-state index contributed by atoms with van der Waals surface area (Å²) in [6.07, 6.45) is -1.94. The summed E-state index contributed by atoms with van der Waals surface area (Å²) < 4.78 is 28.8. The van der Waals surface area contributed by atoms with Gasteiger partial charge in [0.05, 0.1) is 18.1 Å². The normalized spacial score (nSPS) is 26.3. The summed E-state index contributed by atoms with van der Waals surface area (Å²) in [5, 5.41) is 0. The number of benzene rings is 2. The van der Waals surface area contributed by atoms with E-state index in [1.54, 1.807) is 24.3 Å². The van der Waals surface area contributed by atoms with Gasteiger partial charge in [0, 0.05) is 0 Å². The average Bonchev–Trinajstić information content (AvgIpc) is 3.25. The second-order valence-corrected chi connectivity index (χ2v) is 8.09. The van der Waals surface area contributed by atoms with Gasteiger partial charge in [0.2, 0.25) is 0 Å². The number of esters is 2. The lowest BCUT2D eigenvalue weighted by Gasteiger charge is -2.23.